The lowest BCUT2D eigenvalue weighted by atomic mass is 10.1. The van der Waals surface area contributed by atoms with E-state index in [0.29, 0.717) is 6.29 Å². The molecule has 0 spiro atoms. The Morgan fingerprint density at radius 1 is 0.686 bits per heavy atom. The lowest BCUT2D eigenvalue weighted by molar-refractivity contribution is -0.151. The van der Waals surface area contributed by atoms with Crippen molar-refractivity contribution in [2.75, 3.05) is 7.11 Å². The Morgan fingerprint density at radius 3 is 1.54 bits per heavy atom. The number of carbonyl (C=O) groups excluding carboxylic acids is 2. The number of aldehydes is 1. The first-order valence-electron chi connectivity index (χ1n) is 11.4. The molecule has 0 unspecified atom stereocenters. The van der Waals surface area contributed by atoms with Crippen LogP contribution in [-0.2, 0) is 48.4 Å². The molecule has 0 saturated carbocycles. The predicted molar refractivity (Wildman–Crippen MR) is 132 cm³/mol. The van der Waals surface area contributed by atoms with Crippen molar-refractivity contribution in [1.29, 1.82) is 0 Å². The summed E-state index contributed by atoms with van der Waals surface area (Å²) >= 11 is 0. The van der Waals surface area contributed by atoms with Crippen molar-refractivity contribution in [1.82, 2.24) is 0 Å². The first kappa shape index (κ1) is 26.0. The van der Waals surface area contributed by atoms with Gasteiger partial charge in [0.1, 0.15) is 18.3 Å². The molecule has 0 aliphatic carbocycles. The fourth-order valence-corrected chi connectivity index (χ4v) is 3.39. The molecule has 0 bridgehead atoms. The highest BCUT2D eigenvalue weighted by Crippen LogP contribution is 2.19. The van der Waals surface area contributed by atoms with Gasteiger partial charge < -0.3 is 23.7 Å². The molecule has 0 saturated heterocycles. The molecule has 3 aromatic rings. The Morgan fingerprint density at radius 2 is 1.11 bits per heavy atom. The third-order valence-electron chi connectivity index (χ3n) is 5.26. The second-order valence-corrected chi connectivity index (χ2v) is 7.80. The number of ether oxygens (including phenoxy) is 4. The Balaban J connectivity index is 1.83. The second kappa shape index (κ2) is 14.6. The van der Waals surface area contributed by atoms with Crippen LogP contribution in [0.2, 0.25) is 0 Å². The summed E-state index contributed by atoms with van der Waals surface area (Å²) < 4.78 is 23.1. The summed E-state index contributed by atoms with van der Waals surface area (Å²) in [4.78, 5) is 24.0. The molecule has 182 valence electrons. The quantitative estimate of drug-likeness (QED) is 0.192. The zero-order valence-corrected chi connectivity index (χ0v) is 19.7. The van der Waals surface area contributed by atoms with Gasteiger partial charge in [-0.3, -0.25) is 0 Å². The molecule has 0 aromatic heterocycles. The van der Waals surface area contributed by atoms with Crippen LogP contribution in [0.4, 0.5) is 0 Å². The number of carbonyl (C=O) groups is 2. The molecule has 0 aliphatic heterocycles. The van der Waals surface area contributed by atoms with Gasteiger partial charge in [0, 0.05) is 6.08 Å². The van der Waals surface area contributed by atoms with Crippen LogP contribution in [-0.4, -0.2) is 37.7 Å². The van der Waals surface area contributed by atoms with Crippen LogP contribution < -0.4 is 0 Å². The number of rotatable bonds is 14. The van der Waals surface area contributed by atoms with Crippen molar-refractivity contribution in [2.24, 2.45) is 0 Å². The predicted octanol–water partition coefficient (Wildman–Crippen LogP) is 4.67. The summed E-state index contributed by atoms with van der Waals surface area (Å²) in [5.41, 5.74) is 2.80. The maximum absolute atomic E-state index is 12.2. The van der Waals surface area contributed by atoms with Crippen molar-refractivity contribution < 1.29 is 28.5 Å². The molecule has 0 amide bonds. The van der Waals surface area contributed by atoms with E-state index in [1.165, 1.54) is 13.2 Å². The molecule has 3 aromatic carbocycles. The van der Waals surface area contributed by atoms with Crippen molar-refractivity contribution >= 4 is 12.3 Å². The van der Waals surface area contributed by atoms with E-state index in [1.54, 1.807) is 6.08 Å². The average Bonchev–Trinajstić information content (AvgIpc) is 2.92. The Labute approximate surface area is 206 Å². The van der Waals surface area contributed by atoms with E-state index in [9.17, 15) is 9.59 Å². The van der Waals surface area contributed by atoms with E-state index in [2.05, 4.69) is 0 Å². The number of hydrogen-bond donors (Lipinski definition) is 0. The van der Waals surface area contributed by atoms with Gasteiger partial charge in [-0.25, -0.2) is 4.79 Å². The molecule has 0 heterocycles. The highest BCUT2D eigenvalue weighted by atomic mass is 16.6. The molecule has 6 heteroatoms. The number of esters is 1. The second-order valence-electron chi connectivity index (χ2n) is 7.80. The van der Waals surface area contributed by atoms with Crippen molar-refractivity contribution in [3.8, 4) is 0 Å². The molecule has 3 atom stereocenters. The van der Waals surface area contributed by atoms with Crippen LogP contribution in [0.5, 0.6) is 0 Å². The molecular formula is C29H30O6. The first-order valence-corrected chi connectivity index (χ1v) is 11.4. The third-order valence-corrected chi connectivity index (χ3v) is 5.26. The van der Waals surface area contributed by atoms with Crippen molar-refractivity contribution in [3.63, 3.8) is 0 Å². The van der Waals surface area contributed by atoms with E-state index in [0.717, 1.165) is 16.7 Å². The summed E-state index contributed by atoms with van der Waals surface area (Å²) in [5, 5.41) is 0. The summed E-state index contributed by atoms with van der Waals surface area (Å²) in [6, 6.07) is 28.8. The Kier molecular flexibility index (Phi) is 10.9. The molecule has 0 fully saturated rings. The average molecular weight is 475 g/mol. The van der Waals surface area contributed by atoms with E-state index in [4.69, 9.17) is 18.9 Å². The third kappa shape index (κ3) is 8.94. The number of benzene rings is 3. The summed E-state index contributed by atoms with van der Waals surface area (Å²) in [7, 11) is 1.30. The maximum Gasteiger partial charge on any atom is 0.330 e. The highest BCUT2D eigenvalue weighted by molar-refractivity contribution is 5.81. The fourth-order valence-electron chi connectivity index (χ4n) is 3.39. The van der Waals surface area contributed by atoms with Crippen LogP contribution >= 0.6 is 0 Å². The van der Waals surface area contributed by atoms with Gasteiger partial charge in [-0.2, -0.15) is 0 Å². The molecule has 0 radical (unpaired) electrons. The fraction of sp³-hybridized carbons (Fsp3) is 0.241. The molecular weight excluding hydrogens is 444 g/mol. The summed E-state index contributed by atoms with van der Waals surface area (Å²) in [6.45, 7) is 0.718. The zero-order chi connectivity index (χ0) is 24.7. The molecule has 0 aliphatic rings. The minimum Gasteiger partial charge on any atom is -0.466 e. The van der Waals surface area contributed by atoms with Gasteiger partial charge in [0.15, 0.2) is 6.29 Å². The smallest absolute Gasteiger partial charge is 0.330 e. The lowest BCUT2D eigenvalue weighted by Gasteiger charge is -2.29. The minimum atomic E-state index is -0.943. The highest BCUT2D eigenvalue weighted by Gasteiger charge is 2.31. The van der Waals surface area contributed by atoms with Crippen LogP contribution in [0.1, 0.15) is 16.7 Å². The van der Waals surface area contributed by atoms with Gasteiger partial charge in [-0.05, 0) is 22.8 Å². The zero-order valence-electron chi connectivity index (χ0n) is 19.7. The minimum absolute atomic E-state index is 0.224. The molecule has 6 nitrogen and oxygen atoms in total. The Bertz CT molecular complexity index is 1040. The van der Waals surface area contributed by atoms with Gasteiger partial charge in [-0.15, -0.1) is 0 Å². The van der Waals surface area contributed by atoms with Crippen LogP contribution in [0, 0.1) is 0 Å². The first-order chi connectivity index (χ1) is 17.2. The lowest BCUT2D eigenvalue weighted by Crippen LogP contribution is -2.43. The van der Waals surface area contributed by atoms with Crippen LogP contribution in [0.3, 0.4) is 0 Å². The molecule has 0 N–H and O–H groups in total. The number of hydrogen-bond acceptors (Lipinski definition) is 6. The van der Waals surface area contributed by atoms with Crippen molar-refractivity contribution in [3.05, 3.63) is 120 Å². The number of methoxy groups -OCH3 is 1. The monoisotopic (exact) mass is 474 g/mol. The van der Waals surface area contributed by atoms with Gasteiger partial charge in [0.25, 0.3) is 0 Å². The van der Waals surface area contributed by atoms with Gasteiger partial charge in [-0.1, -0.05) is 91.0 Å². The Hall–Kier alpha value is -3.58. The van der Waals surface area contributed by atoms with Gasteiger partial charge in [0.05, 0.1) is 26.9 Å². The van der Waals surface area contributed by atoms with E-state index >= 15 is 0 Å². The normalized spacial score (nSPS) is 13.7. The van der Waals surface area contributed by atoms with E-state index < -0.39 is 24.3 Å². The van der Waals surface area contributed by atoms with Crippen LogP contribution in [0.15, 0.2) is 103 Å². The van der Waals surface area contributed by atoms with Gasteiger partial charge >= 0.3 is 5.97 Å². The van der Waals surface area contributed by atoms with Crippen LogP contribution in [0.25, 0.3) is 0 Å². The topological polar surface area (TPSA) is 71.1 Å². The van der Waals surface area contributed by atoms with Crippen molar-refractivity contribution in [2.45, 2.75) is 38.1 Å². The SMILES string of the molecule is COC(=O)/C=C/[C@H](OCc1ccccc1)[C@@H](OCc1ccccc1)[C@@H](C=O)OCc1ccccc1. The molecule has 35 heavy (non-hydrogen) atoms. The standard InChI is InChI=1S/C29H30O6/c1-32-28(31)18-17-26(33-20-23-11-5-2-6-12-23)29(35-22-25-15-9-4-10-16-25)27(19-30)34-21-24-13-7-3-8-14-24/h2-19,26-27,29H,20-22H2,1H3/b18-17+/t26-,27+,29+/m0/s1. The summed E-state index contributed by atoms with van der Waals surface area (Å²) in [6.07, 6.45) is 1.01. The largest absolute Gasteiger partial charge is 0.466 e. The maximum atomic E-state index is 12.2. The van der Waals surface area contributed by atoms with Gasteiger partial charge in [0.2, 0.25) is 0 Å². The molecule has 3 rings (SSSR count). The summed E-state index contributed by atoms with van der Waals surface area (Å²) in [5.74, 6) is -0.534. The van der Waals surface area contributed by atoms with E-state index in [1.807, 2.05) is 91.0 Å². The van der Waals surface area contributed by atoms with E-state index in [-0.39, 0.29) is 19.8 Å².